The highest BCUT2D eigenvalue weighted by Crippen LogP contribution is 2.47. The van der Waals surface area contributed by atoms with Gasteiger partial charge in [-0.3, -0.25) is 0 Å². The Balaban J connectivity index is 1.71. The lowest BCUT2D eigenvalue weighted by Crippen LogP contribution is -2.28. The number of nitrogens with one attached hydrogen (secondary N) is 1. The van der Waals surface area contributed by atoms with Gasteiger partial charge in [-0.2, -0.15) is 0 Å². The maximum absolute atomic E-state index is 5.41. The van der Waals surface area contributed by atoms with Gasteiger partial charge in [0.25, 0.3) is 0 Å². The fourth-order valence-corrected chi connectivity index (χ4v) is 4.27. The Hall–Kier alpha value is -1.18. The van der Waals surface area contributed by atoms with Crippen LogP contribution in [0.4, 0.5) is 5.69 Å². The minimum atomic E-state index is 0.472. The summed E-state index contributed by atoms with van der Waals surface area (Å²) in [6.45, 7) is 8.30. The first-order valence-corrected chi connectivity index (χ1v) is 8.41. The van der Waals surface area contributed by atoms with E-state index in [9.17, 15) is 0 Å². The predicted octanol–water partition coefficient (Wildman–Crippen LogP) is 5.06. The molecule has 1 aliphatic heterocycles. The van der Waals surface area contributed by atoms with E-state index >= 15 is 0 Å². The Morgan fingerprint density at radius 2 is 1.81 bits per heavy atom. The zero-order valence-electron chi connectivity index (χ0n) is 13.9. The van der Waals surface area contributed by atoms with Crippen molar-refractivity contribution in [3.8, 4) is 5.75 Å². The summed E-state index contributed by atoms with van der Waals surface area (Å²) in [7, 11) is 1.76. The lowest BCUT2D eigenvalue weighted by molar-refractivity contribution is 0.141. The van der Waals surface area contributed by atoms with E-state index in [1.165, 1.54) is 36.9 Å². The second-order valence-electron chi connectivity index (χ2n) is 7.92. The molecule has 0 amide bonds. The second kappa shape index (κ2) is 5.55. The monoisotopic (exact) mass is 287 g/mol. The van der Waals surface area contributed by atoms with Crippen molar-refractivity contribution in [1.29, 1.82) is 0 Å². The predicted molar refractivity (Wildman–Crippen MR) is 89.1 cm³/mol. The molecule has 1 saturated carbocycles. The average molecular weight is 287 g/mol. The highest BCUT2D eigenvalue weighted by Gasteiger charge is 2.35. The summed E-state index contributed by atoms with van der Waals surface area (Å²) in [5, 5.41) is 3.58. The van der Waals surface area contributed by atoms with Crippen molar-refractivity contribution in [1.82, 2.24) is 0 Å². The quantitative estimate of drug-likeness (QED) is 0.821. The molecule has 2 aliphatic rings. The van der Waals surface area contributed by atoms with Crippen LogP contribution in [0.15, 0.2) is 18.2 Å². The van der Waals surface area contributed by atoms with E-state index in [0.29, 0.717) is 11.3 Å². The summed E-state index contributed by atoms with van der Waals surface area (Å²) in [5.74, 6) is 3.40. The van der Waals surface area contributed by atoms with E-state index in [2.05, 4.69) is 44.3 Å². The van der Waals surface area contributed by atoms with Crippen LogP contribution in [-0.4, -0.2) is 13.7 Å². The number of benzene rings is 1. The zero-order valence-corrected chi connectivity index (χ0v) is 13.9. The number of hydrogen-bond acceptors (Lipinski definition) is 2. The molecule has 2 nitrogen and oxygen atoms in total. The Morgan fingerprint density at radius 1 is 1.10 bits per heavy atom. The summed E-state index contributed by atoms with van der Waals surface area (Å²) in [6.07, 6.45) is 5.55. The lowest BCUT2D eigenvalue weighted by Gasteiger charge is -2.38. The highest BCUT2D eigenvalue weighted by atomic mass is 16.5. The molecule has 0 bridgehead atoms. The summed E-state index contributed by atoms with van der Waals surface area (Å²) in [4.78, 5) is 0. The van der Waals surface area contributed by atoms with Crippen molar-refractivity contribution in [2.45, 2.75) is 52.4 Å². The lowest BCUT2D eigenvalue weighted by atomic mass is 9.67. The number of fused-ring (bicyclic) bond motifs is 1. The first-order chi connectivity index (χ1) is 9.99. The van der Waals surface area contributed by atoms with Gasteiger partial charge in [-0.25, -0.2) is 0 Å². The van der Waals surface area contributed by atoms with Gasteiger partial charge in [-0.1, -0.05) is 20.8 Å². The average Bonchev–Trinajstić information content (AvgIpc) is 2.89. The van der Waals surface area contributed by atoms with E-state index in [1.807, 2.05) is 0 Å². The molecule has 1 fully saturated rings. The number of rotatable bonds is 2. The van der Waals surface area contributed by atoms with Gasteiger partial charge < -0.3 is 10.1 Å². The molecule has 0 spiro atoms. The van der Waals surface area contributed by atoms with Crippen LogP contribution in [0.2, 0.25) is 0 Å². The topological polar surface area (TPSA) is 21.3 Å². The van der Waals surface area contributed by atoms with Crippen LogP contribution in [-0.2, 0) is 0 Å². The first-order valence-electron chi connectivity index (χ1n) is 8.41. The maximum Gasteiger partial charge on any atom is 0.119 e. The highest BCUT2D eigenvalue weighted by molar-refractivity contribution is 5.60. The maximum atomic E-state index is 5.41. The molecule has 1 atom stereocenters. The van der Waals surface area contributed by atoms with Crippen LogP contribution in [0.3, 0.4) is 0 Å². The van der Waals surface area contributed by atoms with Crippen LogP contribution < -0.4 is 10.1 Å². The third-order valence-corrected chi connectivity index (χ3v) is 5.74. The van der Waals surface area contributed by atoms with Crippen LogP contribution in [0.5, 0.6) is 5.75 Å². The molecular weight excluding hydrogens is 258 g/mol. The third kappa shape index (κ3) is 2.90. The number of methoxy groups -OCH3 is 1. The molecule has 1 heterocycles. The van der Waals surface area contributed by atoms with Crippen LogP contribution in [0.1, 0.15) is 57.9 Å². The first kappa shape index (κ1) is 14.7. The number of ether oxygens (including phenoxy) is 1. The Labute approximate surface area is 129 Å². The van der Waals surface area contributed by atoms with E-state index < -0.39 is 0 Å². The second-order valence-corrected chi connectivity index (χ2v) is 7.92. The van der Waals surface area contributed by atoms with Gasteiger partial charge in [0.2, 0.25) is 0 Å². The Morgan fingerprint density at radius 3 is 2.43 bits per heavy atom. The van der Waals surface area contributed by atoms with E-state index in [4.69, 9.17) is 4.74 Å². The van der Waals surface area contributed by atoms with Gasteiger partial charge in [0.1, 0.15) is 5.75 Å². The molecule has 1 N–H and O–H groups in total. The van der Waals surface area contributed by atoms with E-state index in [-0.39, 0.29) is 0 Å². The van der Waals surface area contributed by atoms with Gasteiger partial charge in [0, 0.05) is 18.2 Å². The largest absolute Gasteiger partial charge is 0.497 e. The van der Waals surface area contributed by atoms with Gasteiger partial charge in [0.05, 0.1) is 7.11 Å². The summed E-state index contributed by atoms with van der Waals surface area (Å²) < 4.78 is 5.41. The van der Waals surface area contributed by atoms with Crippen molar-refractivity contribution in [3.63, 3.8) is 0 Å². The Bertz CT molecular complexity index is 495. The van der Waals surface area contributed by atoms with Crippen LogP contribution >= 0.6 is 0 Å². The summed E-state index contributed by atoms with van der Waals surface area (Å²) in [6, 6.07) is 6.48. The summed E-state index contributed by atoms with van der Waals surface area (Å²) in [5.41, 5.74) is 3.27. The SMILES string of the molecule is COc1ccc2c(c1)C(C1CCC(C(C)(C)C)CC1)CN2. The fourth-order valence-electron chi connectivity index (χ4n) is 4.27. The molecule has 1 aliphatic carbocycles. The summed E-state index contributed by atoms with van der Waals surface area (Å²) >= 11 is 0. The normalized spacial score (nSPS) is 28.9. The van der Waals surface area contributed by atoms with Crippen LogP contribution in [0.25, 0.3) is 0 Å². The van der Waals surface area contributed by atoms with Crippen molar-refractivity contribution in [3.05, 3.63) is 23.8 Å². The van der Waals surface area contributed by atoms with Gasteiger partial charge >= 0.3 is 0 Å². The fraction of sp³-hybridized carbons (Fsp3) is 0.684. The molecule has 1 unspecified atom stereocenters. The van der Waals surface area contributed by atoms with Crippen molar-refractivity contribution in [2.75, 3.05) is 19.0 Å². The minimum absolute atomic E-state index is 0.472. The van der Waals surface area contributed by atoms with E-state index in [0.717, 1.165) is 24.1 Å². The molecule has 1 aromatic rings. The molecule has 0 saturated heterocycles. The molecule has 116 valence electrons. The van der Waals surface area contributed by atoms with Crippen molar-refractivity contribution >= 4 is 5.69 Å². The Kier molecular flexibility index (Phi) is 3.90. The van der Waals surface area contributed by atoms with Gasteiger partial charge in [-0.15, -0.1) is 0 Å². The van der Waals surface area contributed by atoms with Gasteiger partial charge in [0.15, 0.2) is 0 Å². The molecule has 2 heteroatoms. The number of hydrogen-bond donors (Lipinski definition) is 1. The molecule has 3 rings (SSSR count). The van der Waals surface area contributed by atoms with Crippen molar-refractivity contribution in [2.24, 2.45) is 17.3 Å². The number of anilines is 1. The van der Waals surface area contributed by atoms with Gasteiger partial charge in [-0.05, 0) is 66.7 Å². The molecular formula is C19H29NO. The molecule has 21 heavy (non-hydrogen) atoms. The minimum Gasteiger partial charge on any atom is -0.497 e. The zero-order chi connectivity index (χ0) is 15.0. The van der Waals surface area contributed by atoms with Crippen LogP contribution in [0, 0.1) is 17.3 Å². The standard InChI is InChI=1S/C19H29NO/c1-19(2,3)14-7-5-13(6-8-14)17-12-20-18-10-9-15(21-4)11-16(17)18/h9-11,13-14,17,20H,5-8,12H2,1-4H3. The molecule has 0 radical (unpaired) electrons. The van der Waals surface area contributed by atoms with Crippen molar-refractivity contribution < 1.29 is 4.74 Å². The van der Waals surface area contributed by atoms with E-state index in [1.54, 1.807) is 7.11 Å². The molecule has 1 aromatic carbocycles. The third-order valence-electron chi connectivity index (χ3n) is 5.74. The molecule has 0 aromatic heterocycles. The smallest absolute Gasteiger partial charge is 0.119 e.